The number of aryl methyl sites for hydroxylation is 1. The molecule has 1 aliphatic rings. The number of morpholine rings is 1. The number of nitrogens with zero attached hydrogens (tertiary/aromatic N) is 1. The molecular weight excluding hydrogens is 274 g/mol. The zero-order valence-electron chi connectivity index (χ0n) is 11.5. The number of hydrogen-bond acceptors (Lipinski definition) is 4. The maximum absolute atomic E-state index is 12.5. The van der Waals surface area contributed by atoms with Gasteiger partial charge in [-0.1, -0.05) is 18.2 Å². The Morgan fingerprint density at radius 2 is 2.10 bits per heavy atom. The van der Waals surface area contributed by atoms with Crippen molar-refractivity contribution in [3.8, 4) is 0 Å². The van der Waals surface area contributed by atoms with E-state index in [0.29, 0.717) is 12.1 Å². The van der Waals surface area contributed by atoms with Gasteiger partial charge < -0.3 is 19.2 Å². The third-order valence-electron chi connectivity index (χ3n) is 3.67. The van der Waals surface area contributed by atoms with Crippen molar-refractivity contribution < 1.29 is 23.8 Å². The van der Waals surface area contributed by atoms with Crippen LogP contribution in [0.5, 0.6) is 0 Å². The molecule has 6 heteroatoms. The molecule has 1 unspecified atom stereocenters. The summed E-state index contributed by atoms with van der Waals surface area (Å²) in [5.74, 6) is -1.09. The zero-order chi connectivity index (χ0) is 15.0. The van der Waals surface area contributed by atoms with E-state index in [1.54, 1.807) is 6.07 Å². The highest BCUT2D eigenvalue weighted by Crippen LogP contribution is 2.26. The minimum absolute atomic E-state index is 0.0324. The fourth-order valence-electron chi connectivity index (χ4n) is 2.51. The molecule has 1 saturated heterocycles. The number of aliphatic carboxylic acids is 1. The second-order valence-corrected chi connectivity index (χ2v) is 5.00. The number of hydrogen-bond donors (Lipinski definition) is 1. The van der Waals surface area contributed by atoms with Gasteiger partial charge in [-0.25, -0.2) is 4.79 Å². The molecule has 1 aliphatic heterocycles. The number of fused-ring (bicyclic) bond motifs is 1. The van der Waals surface area contributed by atoms with Crippen molar-refractivity contribution in [1.29, 1.82) is 0 Å². The number of carbonyl (C=O) groups is 2. The van der Waals surface area contributed by atoms with E-state index in [9.17, 15) is 9.59 Å². The van der Waals surface area contributed by atoms with Crippen LogP contribution in [0.4, 0.5) is 0 Å². The lowest BCUT2D eigenvalue weighted by Gasteiger charge is -2.30. The molecule has 1 aromatic carbocycles. The molecule has 2 heterocycles. The van der Waals surface area contributed by atoms with E-state index in [4.69, 9.17) is 14.3 Å². The standard InChI is InChI=1S/C15H15NO5/c1-9-10-4-2-3-5-11(10)21-13(9)14(17)16-6-7-20-12(8-16)15(18)19/h2-5,12H,6-8H2,1H3,(H,18,19). The molecule has 6 nitrogen and oxygen atoms in total. The third-order valence-corrected chi connectivity index (χ3v) is 3.67. The summed E-state index contributed by atoms with van der Waals surface area (Å²) in [7, 11) is 0. The first-order chi connectivity index (χ1) is 10.1. The molecule has 0 bridgehead atoms. The smallest absolute Gasteiger partial charge is 0.334 e. The van der Waals surface area contributed by atoms with Crippen LogP contribution in [0.2, 0.25) is 0 Å². The number of benzene rings is 1. The minimum Gasteiger partial charge on any atom is -0.479 e. The topological polar surface area (TPSA) is 80.0 Å². The van der Waals surface area contributed by atoms with Crippen molar-refractivity contribution in [2.24, 2.45) is 0 Å². The van der Waals surface area contributed by atoms with Gasteiger partial charge in [0.05, 0.1) is 13.2 Å². The van der Waals surface area contributed by atoms with E-state index >= 15 is 0 Å². The molecule has 1 atom stereocenters. The quantitative estimate of drug-likeness (QED) is 0.909. The van der Waals surface area contributed by atoms with Crippen LogP contribution >= 0.6 is 0 Å². The van der Waals surface area contributed by atoms with E-state index in [2.05, 4.69) is 0 Å². The summed E-state index contributed by atoms with van der Waals surface area (Å²) < 4.78 is 10.8. The Bertz CT molecular complexity index is 705. The summed E-state index contributed by atoms with van der Waals surface area (Å²) in [6, 6.07) is 7.42. The molecule has 2 aromatic rings. The highest BCUT2D eigenvalue weighted by Gasteiger charge is 2.31. The molecule has 1 amide bonds. The molecule has 0 saturated carbocycles. The molecule has 1 fully saturated rings. The first-order valence-electron chi connectivity index (χ1n) is 6.69. The largest absolute Gasteiger partial charge is 0.479 e. The predicted octanol–water partition coefficient (Wildman–Crippen LogP) is 1.67. The maximum Gasteiger partial charge on any atom is 0.334 e. The van der Waals surface area contributed by atoms with Gasteiger partial charge in [-0.2, -0.15) is 0 Å². The van der Waals surface area contributed by atoms with Crippen molar-refractivity contribution >= 4 is 22.8 Å². The van der Waals surface area contributed by atoms with Crippen molar-refractivity contribution in [3.63, 3.8) is 0 Å². The first kappa shape index (κ1) is 13.6. The number of rotatable bonds is 2. The summed E-state index contributed by atoms with van der Waals surface area (Å²) in [6.07, 6.45) is -0.979. The summed E-state index contributed by atoms with van der Waals surface area (Å²) in [4.78, 5) is 25.0. The highest BCUT2D eigenvalue weighted by molar-refractivity contribution is 5.99. The van der Waals surface area contributed by atoms with Crippen LogP contribution in [0.25, 0.3) is 11.0 Å². The van der Waals surface area contributed by atoms with Gasteiger partial charge in [0.1, 0.15) is 5.58 Å². The predicted molar refractivity (Wildman–Crippen MR) is 74.2 cm³/mol. The first-order valence-corrected chi connectivity index (χ1v) is 6.69. The van der Waals surface area contributed by atoms with Crippen LogP contribution < -0.4 is 0 Å². The number of ether oxygens (including phenoxy) is 1. The lowest BCUT2D eigenvalue weighted by Crippen LogP contribution is -2.48. The van der Waals surface area contributed by atoms with Gasteiger partial charge in [0.15, 0.2) is 11.9 Å². The number of carboxylic acids is 1. The van der Waals surface area contributed by atoms with Gasteiger partial charge in [-0.3, -0.25) is 4.79 Å². The molecule has 0 spiro atoms. The van der Waals surface area contributed by atoms with Crippen LogP contribution in [0.1, 0.15) is 16.1 Å². The van der Waals surface area contributed by atoms with Gasteiger partial charge in [0.2, 0.25) is 0 Å². The third kappa shape index (κ3) is 2.38. The molecule has 1 N–H and O–H groups in total. The fourth-order valence-corrected chi connectivity index (χ4v) is 2.51. The summed E-state index contributed by atoms with van der Waals surface area (Å²) in [6.45, 7) is 2.43. The Morgan fingerprint density at radius 1 is 1.33 bits per heavy atom. The monoisotopic (exact) mass is 289 g/mol. The summed E-state index contributed by atoms with van der Waals surface area (Å²) in [5.41, 5.74) is 1.43. The van der Waals surface area contributed by atoms with E-state index in [0.717, 1.165) is 10.9 Å². The Labute approximate surface area is 120 Å². The van der Waals surface area contributed by atoms with E-state index in [1.165, 1.54) is 4.90 Å². The Morgan fingerprint density at radius 3 is 2.81 bits per heavy atom. The Kier molecular flexibility index (Phi) is 3.39. The molecule has 0 radical (unpaired) electrons. The van der Waals surface area contributed by atoms with Gasteiger partial charge in [-0.15, -0.1) is 0 Å². The lowest BCUT2D eigenvalue weighted by molar-refractivity contribution is -0.154. The van der Waals surface area contributed by atoms with Crippen molar-refractivity contribution in [3.05, 3.63) is 35.6 Å². The second-order valence-electron chi connectivity index (χ2n) is 5.00. The van der Waals surface area contributed by atoms with Crippen molar-refractivity contribution in [2.75, 3.05) is 19.7 Å². The van der Waals surface area contributed by atoms with Gasteiger partial charge in [0.25, 0.3) is 5.91 Å². The highest BCUT2D eigenvalue weighted by atomic mass is 16.5. The van der Waals surface area contributed by atoms with Crippen LogP contribution in [-0.4, -0.2) is 47.7 Å². The van der Waals surface area contributed by atoms with E-state index in [1.807, 2.05) is 25.1 Å². The molecular formula is C15H15NO5. The number of carbonyl (C=O) groups excluding carboxylic acids is 1. The van der Waals surface area contributed by atoms with Crippen LogP contribution in [0.3, 0.4) is 0 Å². The Hall–Kier alpha value is -2.34. The fraction of sp³-hybridized carbons (Fsp3) is 0.333. The average Bonchev–Trinajstić information content (AvgIpc) is 2.84. The molecule has 0 aliphatic carbocycles. The maximum atomic E-state index is 12.5. The summed E-state index contributed by atoms with van der Waals surface area (Å²) >= 11 is 0. The number of carboxylic acid groups (broad SMARTS) is 1. The van der Waals surface area contributed by atoms with Crippen molar-refractivity contribution in [1.82, 2.24) is 4.90 Å². The van der Waals surface area contributed by atoms with Crippen LogP contribution in [0, 0.1) is 6.92 Å². The van der Waals surface area contributed by atoms with Crippen LogP contribution in [0.15, 0.2) is 28.7 Å². The summed E-state index contributed by atoms with van der Waals surface area (Å²) in [5, 5.41) is 9.88. The van der Waals surface area contributed by atoms with Crippen molar-refractivity contribution in [2.45, 2.75) is 13.0 Å². The average molecular weight is 289 g/mol. The van der Waals surface area contributed by atoms with Gasteiger partial charge in [0, 0.05) is 17.5 Å². The molecule has 1 aromatic heterocycles. The number of para-hydroxylation sites is 1. The van der Waals surface area contributed by atoms with E-state index < -0.39 is 12.1 Å². The second kappa shape index (κ2) is 5.21. The SMILES string of the molecule is Cc1c(C(=O)N2CCOC(C(=O)O)C2)oc2ccccc12. The molecule has 3 rings (SSSR count). The molecule has 21 heavy (non-hydrogen) atoms. The zero-order valence-corrected chi connectivity index (χ0v) is 11.5. The minimum atomic E-state index is -1.06. The number of furan rings is 1. The van der Waals surface area contributed by atoms with Gasteiger partial charge in [-0.05, 0) is 13.0 Å². The normalized spacial score (nSPS) is 18.9. The van der Waals surface area contributed by atoms with E-state index in [-0.39, 0.29) is 24.8 Å². The van der Waals surface area contributed by atoms with Gasteiger partial charge >= 0.3 is 5.97 Å². The molecule has 110 valence electrons. The number of amides is 1. The Balaban J connectivity index is 1.90. The van der Waals surface area contributed by atoms with Crippen LogP contribution in [-0.2, 0) is 9.53 Å². The lowest BCUT2D eigenvalue weighted by atomic mass is 10.1.